The summed E-state index contributed by atoms with van der Waals surface area (Å²) in [5.41, 5.74) is 0. The van der Waals surface area contributed by atoms with Gasteiger partial charge in [-0.2, -0.15) is 0 Å². The summed E-state index contributed by atoms with van der Waals surface area (Å²) in [4.78, 5) is 0. The molecule has 0 aliphatic rings. The lowest BCUT2D eigenvalue weighted by Crippen LogP contribution is -2.06. The smallest absolute Gasteiger partial charge is 0.123 e. The quantitative estimate of drug-likeness (QED) is 0.654. The van der Waals surface area contributed by atoms with Crippen LogP contribution >= 0.6 is 0 Å². The van der Waals surface area contributed by atoms with Gasteiger partial charge in [-0.05, 0) is 30.7 Å². The van der Waals surface area contributed by atoms with Gasteiger partial charge < -0.3 is 9.47 Å². The largest absolute Gasteiger partial charge is 0.491 e. The Kier molecular flexibility index (Phi) is 5.00. The van der Waals surface area contributed by atoms with Crippen LogP contribution in [-0.2, 0) is 4.74 Å². The number of hydrogen-bond donors (Lipinski definition) is 0. The van der Waals surface area contributed by atoms with E-state index in [-0.39, 0.29) is 5.82 Å². The van der Waals surface area contributed by atoms with Gasteiger partial charge in [0, 0.05) is 6.61 Å². The molecule has 0 heterocycles. The Hall–Kier alpha value is -1.09. The summed E-state index contributed by atoms with van der Waals surface area (Å²) in [6, 6.07) is 5.97. The summed E-state index contributed by atoms with van der Waals surface area (Å²) >= 11 is 0. The first-order valence-corrected chi connectivity index (χ1v) is 4.79. The van der Waals surface area contributed by atoms with E-state index in [1.54, 1.807) is 12.1 Å². The van der Waals surface area contributed by atoms with Gasteiger partial charge in [0.25, 0.3) is 0 Å². The van der Waals surface area contributed by atoms with Crippen molar-refractivity contribution >= 4 is 0 Å². The van der Waals surface area contributed by atoms with Gasteiger partial charge in [-0.15, -0.1) is 0 Å². The first kappa shape index (κ1) is 11.0. The molecule has 0 fully saturated rings. The molecule has 0 bridgehead atoms. The Labute approximate surface area is 83.6 Å². The molecule has 1 aromatic rings. The third kappa shape index (κ3) is 4.23. The molecule has 0 atom stereocenters. The van der Waals surface area contributed by atoms with Gasteiger partial charge >= 0.3 is 0 Å². The second-order valence-corrected chi connectivity index (χ2v) is 2.91. The first-order chi connectivity index (χ1) is 6.83. The predicted octanol–water partition coefficient (Wildman–Crippen LogP) is 2.63. The summed E-state index contributed by atoms with van der Waals surface area (Å²) in [5.74, 6) is 0.422. The van der Waals surface area contributed by atoms with Crippen LogP contribution in [0.5, 0.6) is 5.75 Å². The molecule has 1 rings (SSSR count). The molecule has 14 heavy (non-hydrogen) atoms. The van der Waals surface area contributed by atoms with E-state index in [4.69, 9.17) is 9.47 Å². The summed E-state index contributed by atoms with van der Waals surface area (Å²) in [6.45, 7) is 3.89. The molecular weight excluding hydrogens is 183 g/mol. The molecule has 0 N–H and O–H groups in total. The van der Waals surface area contributed by atoms with Crippen molar-refractivity contribution in [2.24, 2.45) is 0 Å². The Balaban J connectivity index is 2.15. The zero-order valence-electron chi connectivity index (χ0n) is 8.33. The van der Waals surface area contributed by atoms with Crippen LogP contribution in [0.1, 0.15) is 13.3 Å². The van der Waals surface area contributed by atoms with Gasteiger partial charge in [-0.1, -0.05) is 6.92 Å². The van der Waals surface area contributed by atoms with E-state index < -0.39 is 0 Å². The van der Waals surface area contributed by atoms with E-state index in [0.717, 1.165) is 13.0 Å². The van der Waals surface area contributed by atoms with Crippen LogP contribution in [0.2, 0.25) is 0 Å². The highest BCUT2D eigenvalue weighted by atomic mass is 19.1. The fourth-order valence-electron chi connectivity index (χ4n) is 0.996. The molecule has 0 saturated carbocycles. The van der Waals surface area contributed by atoms with Crippen molar-refractivity contribution in [1.82, 2.24) is 0 Å². The van der Waals surface area contributed by atoms with E-state index in [2.05, 4.69) is 6.92 Å². The van der Waals surface area contributed by atoms with E-state index in [0.29, 0.717) is 19.0 Å². The molecule has 0 spiro atoms. The van der Waals surface area contributed by atoms with Gasteiger partial charge in [-0.25, -0.2) is 4.39 Å². The second-order valence-electron chi connectivity index (χ2n) is 2.91. The van der Waals surface area contributed by atoms with Crippen LogP contribution in [0, 0.1) is 5.82 Å². The zero-order valence-corrected chi connectivity index (χ0v) is 8.33. The monoisotopic (exact) mass is 198 g/mol. The van der Waals surface area contributed by atoms with Gasteiger partial charge in [0.1, 0.15) is 18.2 Å². The molecule has 0 aliphatic carbocycles. The van der Waals surface area contributed by atoms with E-state index in [9.17, 15) is 4.39 Å². The molecule has 3 heteroatoms. The lowest BCUT2D eigenvalue weighted by molar-refractivity contribution is 0.101. The molecule has 0 aromatic heterocycles. The minimum absolute atomic E-state index is 0.250. The molecule has 0 aliphatic heterocycles. The minimum Gasteiger partial charge on any atom is -0.491 e. The van der Waals surface area contributed by atoms with Gasteiger partial charge in [-0.3, -0.25) is 0 Å². The molecule has 2 nitrogen and oxygen atoms in total. The Bertz CT molecular complexity index is 246. The number of halogens is 1. The van der Waals surface area contributed by atoms with Crippen LogP contribution in [-0.4, -0.2) is 19.8 Å². The maximum absolute atomic E-state index is 12.5. The summed E-state index contributed by atoms with van der Waals surface area (Å²) < 4.78 is 23.0. The van der Waals surface area contributed by atoms with Crippen LogP contribution < -0.4 is 4.74 Å². The minimum atomic E-state index is -0.250. The highest BCUT2D eigenvalue weighted by molar-refractivity contribution is 5.21. The summed E-state index contributed by atoms with van der Waals surface area (Å²) in [5, 5.41) is 0. The van der Waals surface area contributed by atoms with Crippen molar-refractivity contribution in [2.75, 3.05) is 19.8 Å². The van der Waals surface area contributed by atoms with Crippen molar-refractivity contribution in [2.45, 2.75) is 13.3 Å². The van der Waals surface area contributed by atoms with Crippen LogP contribution in [0.3, 0.4) is 0 Å². The molecule has 0 saturated heterocycles. The zero-order chi connectivity index (χ0) is 10.2. The van der Waals surface area contributed by atoms with Crippen LogP contribution in [0.4, 0.5) is 4.39 Å². The number of ether oxygens (including phenoxy) is 2. The summed E-state index contributed by atoms with van der Waals surface area (Å²) in [6.07, 6.45) is 1.01. The van der Waals surface area contributed by atoms with Crippen molar-refractivity contribution in [3.63, 3.8) is 0 Å². The average Bonchev–Trinajstić information content (AvgIpc) is 2.21. The highest BCUT2D eigenvalue weighted by Gasteiger charge is 1.93. The van der Waals surface area contributed by atoms with Gasteiger partial charge in [0.05, 0.1) is 6.61 Å². The van der Waals surface area contributed by atoms with Crippen LogP contribution in [0.15, 0.2) is 24.3 Å². The molecular formula is C11H15FO2. The Morgan fingerprint density at radius 3 is 2.43 bits per heavy atom. The maximum atomic E-state index is 12.5. The highest BCUT2D eigenvalue weighted by Crippen LogP contribution is 2.10. The third-order valence-electron chi connectivity index (χ3n) is 1.66. The third-order valence-corrected chi connectivity index (χ3v) is 1.66. The van der Waals surface area contributed by atoms with Crippen molar-refractivity contribution < 1.29 is 13.9 Å². The second kappa shape index (κ2) is 6.38. The Morgan fingerprint density at radius 1 is 1.07 bits per heavy atom. The molecule has 0 radical (unpaired) electrons. The summed E-state index contributed by atoms with van der Waals surface area (Å²) in [7, 11) is 0. The van der Waals surface area contributed by atoms with Crippen LogP contribution in [0.25, 0.3) is 0 Å². The first-order valence-electron chi connectivity index (χ1n) is 4.79. The van der Waals surface area contributed by atoms with Crippen molar-refractivity contribution in [3.8, 4) is 5.75 Å². The molecule has 0 unspecified atom stereocenters. The molecule has 1 aromatic carbocycles. The number of hydrogen-bond acceptors (Lipinski definition) is 2. The predicted molar refractivity (Wildman–Crippen MR) is 53.0 cm³/mol. The fraction of sp³-hybridized carbons (Fsp3) is 0.455. The number of benzene rings is 1. The molecule has 0 amide bonds. The standard InChI is InChI=1S/C11H15FO2/c1-2-7-13-8-9-14-11-5-3-10(12)4-6-11/h3-6H,2,7-9H2,1H3. The lowest BCUT2D eigenvalue weighted by Gasteiger charge is -2.05. The fourth-order valence-corrected chi connectivity index (χ4v) is 0.996. The number of rotatable bonds is 6. The van der Waals surface area contributed by atoms with Crippen molar-refractivity contribution in [1.29, 1.82) is 0 Å². The average molecular weight is 198 g/mol. The molecule has 78 valence electrons. The maximum Gasteiger partial charge on any atom is 0.123 e. The van der Waals surface area contributed by atoms with E-state index >= 15 is 0 Å². The normalized spacial score (nSPS) is 10.1. The van der Waals surface area contributed by atoms with E-state index in [1.807, 2.05) is 0 Å². The van der Waals surface area contributed by atoms with Crippen molar-refractivity contribution in [3.05, 3.63) is 30.1 Å². The Morgan fingerprint density at radius 2 is 1.79 bits per heavy atom. The van der Waals surface area contributed by atoms with E-state index in [1.165, 1.54) is 12.1 Å². The lowest BCUT2D eigenvalue weighted by atomic mass is 10.3. The topological polar surface area (TPSA) is 18.5 Å². The SMILES string of the molecule is CCCOCCOc1ccc(F)cc1. The van der Waals surface area contributed by atoms with Gasteiger partial charge in [0.15, 0.2) is 0 Å². The van der Waals surface area contributed by atoms with Gasteiger partial charge in [0.2, 0.25) is 0 Å².